The highest BCUT2D eigenvalue weighted by molar-refractivity contribution is 5.91. The molecule has 0 N–H and O–H groups in total. The molecule has 12 nitrogen and oxygen atoms in total. The third-order valence-corrected chi connectivity index (χ3v) is 11.3. The molecule has 9 atom stereocenters. The van der Waals surface area contributed by atoms with Crippen LogP contribution < -0.4 is 0 Å². The number of carbonyl (C=O) groups is 5. The smallest absolute Gasteiger partial charge is 0.334 e. The van der Waals surface area contributed by atoms with Crippen LogP contribution in [0.3, 0.4) is 0 Å². The van der Waals surface area contributed by atoms with Crippen LogP contribution >= 0.6 is 0 Å². The van der Waals surface area contributed by atoms with E-state index in [2.05, 4.69) is 6.92 Å². The molecule has 0 saturated carbocycles. The lowest BCUT2D eigenvalue weighted by atomic mass is 9.98. The maximum absolute atomic E-state index is 12.2. The van der Waals surface area contributed by atoms with Gasteiger partial charge in [0.05, 0.1) is 18.3 Å². The van der Waals surface area contributed by atoms with Crippen molar-refractivity contribution in [3.63, 3.8) is 0 Å². The van der Waals surface area contributed by atoms with Gasteiger partial charge in [0.1, 0.15) is 36.6 Å². The van der Waals surface area contributed by atoms with Crippen molar-refractivity contribution < 1.29 is 57.1 Å². The fourth-order valence-corrected chi connectivity index (χ4v) is 8.60. The molecule has 0 radical (unpaired) electrons. The summed E-state index contributed by atoms with van der Waals surface area (Å²) in [5.41, 5.74) is 0.581. The molecule has 3 rings (SSSR count). The first-order chi connectivity index (χ1) is 27.4. The first-order valence-corrected chi connectivity index (χ1v) is 22.3. The zero-order valence-corrected chi connectivity index (χ0v) is 35.9. The third-order valence-electron chi connectivity index (χ3n) is 11.3. The summed E-state index contributed by atoms with van der Waals surface area (Å²) in [7, 11) is 0. The average Bonchev–Trinajstić information content (AvgIpc) is 3.86. The van der Waals surface area contributed by atoms with Gasteiger partial charge in [0.25, 0.3) is 0 Å². The van der Waals surface area contributed by atoms with Crippen LogP contribution in [0.25, 0.3) is 0 Å². The lowest BCUT2D eigenvalue weighted by Gasteiger charge is -2.28. The van der Waals surface area contributed by atoms with E-state index in [1.165, 1.54) is 66.2 Å². The second-order valence-corrected chi connectivity index (χ2v) is 16.5. The summed E-state index contributed by atoms with van der Waals surface area (Å²) in [6.45, 7) is 9.65. The fraction of sp³-hybridized carbons (Fsp3) is 0.844. The van der Waals surface area contributed by atoms with E-state index in [4.69, 9.17) is 33.2 Å². The number of hydrogen-bond acceptors (Lipinski definition) is 12. The Morgan fingerprint density at radius 1 is 0.649 bits per heavy atom. The number of cyclic esters (lactones) is 1. The minimum atomic E-state index is -0.596. The van der Waals surface area contributed by atoms with Gasteiger partial charge in [-0.25, -0.2) is 4.79 Å². The Hall–Kier alpha value is -2.99. The molecule has 0 aromatic rings. The highest BCUT2D eigenvalue weighted by atomic mass is 16.6. The van der Waals surface area contributed by atoms with Crippen molar-refractivity contribution in [1.29, 1.82) is 0 Å². The van der Waals surface area contributed by atoms with Gasteiger partial charge in [-0.3, -0.25) is 19.2 Å². The molecule has 0 aromatic carbocycles. The molecule has 0 unspecified atom stereocenters. The molecule has 0 aromatic heterocycles. The highest BCUT2D eigenvalue weighted by Crippen LogP contribution is 2.37. The molecular weight excluding hydrogens is 732 g/mol. The molecule has 3 heterocycles. The van der Waals surface area contributed by atoms with Gasteiger partial charge >= 0.3 is 29.8 Å². The maximum Gasteiger partial charge on any atom is 0.334 e. The Labute approximate surface area is 342 Å². The van der Waals surface area contributed by atoms with E-state index in [-0.39, 0.29) is 54.5 Å². The minimum absolute atomic E-state index is 0.217. The zero-order valence-electron chi connectivity index (χ0n) is 35.9. The van der Waals surface area contributed by atoms with Crippen LogP contribution in [0.4, 0.5) is 0 Å². The van der Waals surface area contributed by atoms with E-state index < -0.39 is 30.3 Å². The monoisotopic (exact) mass is 807 g/mol. The van der Waals surface area contributed by atoms with Gasteiger partial charge in [-0.15, -0.1) is 0 Å². The van der Waals surface area contributed by atoms with Crippen LogP contribution in [0.15, 0.2) is 11.6 Å². The second kappa shape index (κ2) is 26.9. The van der Waals surface area contributed by atoms with E-state index in [0.29, 0.717) is 31.3 Å². The summed E-state index contributed by atoms with van der Waals surface area (Å²) in [4.78, 5) is 60.1. The normalized spacial score (nSPS) is 24.7. The summed E-state index contributed by atoms with van der Waals surface area (Å²) in [5, 5.41) is 0. The van der Waals surface area contributed by atoms with Crippen LogP contribution in [0.5, 0.6) is 0 Å². The summed E-state index contributed by atoms with van der Waals surface area (Å²) in [5.74, 6) is -1.78. The summed E-state index contributed by atoms with van der Waals surface area (Å²) in [6.07, 6.45) is 20.4. The first kappa shape index (κ1) is 48.4. The highest BCUT2D eigenvalue weighted by Gasteiger charge is 2.48. The average molecular weight is 807 g/mol. The largest absolute Gasteiger partial charge is 0.462 e. The molecule has 0 aliphatic carbocycles. The number of unbranched alkanes of at least 4 members (excludes halogenated alkanes) is 14. The van der Waals surface area contributed by atoms with Crippen molar-refractivity contribution in [3.05, 3.63) is 11.6 Å². The van der Waals surface area contributed by atoms with Crippen LogP contribution in [0, 0.1) is 0 Å². The van der Waals surface area contributed by atoms with Gasteiger partial charge in [-0.05, 0) is 64.4 Å². The van der Waals surface area contributed by atoms with Gasteiger partial charge < -0.3 is 33.2 Å². The van der Waals surface area contributed by atoms with Crippen LogP contribution in [0.2, 0.25) is 0 Å². The van der Waals surface area contributed by atoms with Crippen molar-refractivity contribution in [3.8, 4) is 0 Å². The number of esters is 5. The van der Waals surface area contributed by atoms with E-state index in [9.17, 15) is 24.0 Å². The molecule has 0 bridgehead atoms. The molecule has 326 valence electrons. The predicted octanol–water partition coefficient (Wildman–Crippen LogP) is 9.11. The van der Waals surface area contributed by atoms with Crippen LogP contribution in [-0.4, -0.2) is 84.8 Å². The lowest BCUT2D eigenvalue weighted by molar-refractivity contribution is -0.171. The Bertz CT molecular complexity index is 1260. The molecule has 12 heteroatoms. The number of ether oxygens (including phenoxy) is 7. The SMILES string of the molecule is CCCCCCCCCC[C@@H](OC(C)=O)[C@H]1CC[C@H]([C@H]2C[C@@H](OC(C)=O)[C@H]([C@@H](CCCCCCCCCC[C@H](CC3=C[C@H](C)OC3=O)OC(C)=O)OC(C)=O)O2)O1. The predicted molar refractivity (Wildman–Crippen MR) is 215 cm³/mol. The molecule has 0 amide bonds. The standard InChI is InChI=1S/C45H74O12/c1-7-8-9-10-11-15-18-21-24-38(53-33(4)47)39-26-27-40(56-39)42-30-43(55-35(6)49)44(57-42)41(54-34(5)48)25-22-19-16-13-12-14-17-20-23-37(52-32(3)46)29-36-28-31(2)51-45(36)50/h28,31,37-44H,7-27,29-30H2,1-6H3/t31-,37+,38+,39+,40+,41+,42+,43+,44-/m0/s1. The Kier molecular flexibility index (Phi) is 22.8. The fourth-order valence-electron chi connectivity index (χ4n) is 8.60. The lowest BCUT2D eigenvalue weighted by Crippen LogP contribution is -2.40. The Morgan fingerprint density at radius 3 is 1.70 bits per heavy atom. The van der Waals surface area contributed by atoms with Crippen molar-refractivity contribution in [1.82, 2.24) is 0 Å². The molecule has 0 spiro atoms. The second-order valence-electron chi connectivity index (χ2n) is 16.5. The number of hydrogen-bond donors (Lipinski definition) is 0. The molecule has 57 heavy (non-hydrogen) atoms. The Balaban J connectivity index is 1.42. The van der Waals surface area contributed by atoms with Gasteiger partial charge in [0, 0.05) is 46.1 Å². The van der Waals surface area contributed by atoms with E-state index in [1.807, 2.05) is 6.92 Å². The zero-order chi connectivity index (χ0) is 41.6. The molecule has 2 fully saturated rings. The van der Waals surface area contributed by atoms with E-state index in [1.54, 1.807) is 6.08 Å². The van der Waals surface area contributed by atoms with Crippen molar-refractivity contribution in [2.45, 2.75) is 244 Å². The van der Waals surface area contributed by atoms with Gasteiger partial charge in [-0.2, -0.15) is 0 Å². The van der Waals surface area contributed by atoms with Crippen LogP contribution in [-0.2, 0) is 57.1 Å². The maximum atomic E-state index is 12.2. The topological polar surface area (TPSA) is 150 Å². The van der Waals surface area contributed by atoms with Gasteiger partial charge in [0.2, 0.25) is 0 Å². The van der Waals surface area contributed by atoms with E-state index >= 15 is 0 Å². The minimum Gasteiger partial charge on any atom is -0.462 e. The summed E-state index contributed by atoms with van der Waals surface area (Å²) >= 11 is 0. The summed E-state index contributed by atoms with van der Waals surface area (Å²) < 4.78 is 41.1. The molecule has 3 aliphatic heterocycles. The molecular formula is C45H74O12. The number of carbonyl (C=O) groups excluding carboxylic acids is 5. The van der Waals surface area contributed by atoms with E-state index in [0.717, 1.165) is 83.5 Å². The van der Waals surface area contributed by atoms with Crippen molar-refractivity contribution in [2.24, 2.45) is 0 Å². The molecule has 3 aliphatic rings. The van der Waals surface area contributed by atoms with Gasteiger partial charge in [0.15, 0.2) is 0 Å². The van der Waals surface area contributed by atoms with Crippen molar-refractivity contribution >= 4 is 29.8 Å². The van der Waals surface area contributed by atoms with Gasteiger partial charge in [-0.1, -0.05) is 90.4 Å². The first-order valence-electron chi connectivity index (χ1n) is 22.3. The van der Waals surface area contributed by atoms with Crippen LogP contribution in [0.1, 0.15) is 189 Å². The number of rotatable bonds is 29. The Morgan fingerprint density at radius 2 is 1.18 bits per heavy atom. The third kappa shape index (κ3) is 19.1. The van der Waals surface area contributed by atoms with Crippen molar-refractivity contribution in [2.75, 3.05) is 0 Å². The summed E-state index contributed by atoms with van der Waals surface area (Å²) in [6, 6.07) is 0. The quantitative estimate of drug-likeness (QED) is 0.0403. The molecule has 2 saturated heterocycles.